The van der Waals surface area contributed by atoms with E-state index in [-0.39, 0.29) is 11.7 Å². The van der Waals surface area contributed by atoms with Gasteiger partial charge in [-0.2, -0.15) is 0 Å². The molecule has 0 unspecified atom stereocenters. The predicted octanol–water partition coefficient (Wildman–Crippen LogP) is 3.15. The van der Waals surface area contributed by atoms with Crippen molar-refractivity contribution in [3.05, 3.63) is 40.2 Å². The van der Waals surface area contributed by atoms with Gasteiger partial charge in [-0.3, -0.25) is 4.99 Å². The monoisotopic (exact) mass is 320 g/mol. The summed E-state index contributed by atoms with van der Waals surface area (Å²) in [4.78, 5) is 16.1. The average molecular weight is 320 g/mol. The summed E-state index contributed by atoms with van der Waals surface area (Å²) < 4.78 is 10.4. The molecule has 5 nitrogen and oxygen atoms in total. The van der Waals surface area contributed by atoms with Crippen LogP contribution in [-0.4, -0.2) is 18.3 Å². The summed E-state index contributed by atoms with van der Waals surface area (Å²) in [7, 11) is 1.57. The number of ether oxygens (including phenoxy) is 1. The molecule has 0 aliphatic carbocycles. The molecule has 2 N–H and O–H groups in total. The Kier molecular flexibility index (Phi) is 5.49. The molecule has 2 rings (SSSR count). The van der Waals surface area contributed by atoms with Gasteiger partial charge in [-0.25, -0.2) is 4.79 Å². The van der Waals surface area contributed by atoms with Crippen molar-refractivity contribution in [3.8, 4) is 5.75 Å². The fourth-order valence-corrected chi connectivity index (χ4v) is 2.75. The van der Waals surface area contributed by atoms with E-state index in [1.807, 2.05) is 19.1 Å². The highest BCUT2D eigenvalue weighted by molar-refractivity contribution is 8.13. The number of nitrogens with zero attached hydrogens (tertiary/aromatic N) is 1. The van der Waals surface area contributed by atoms with Crippen LogP contribution in [-0.2, 0) is 5.75 Å². The third kappa shape index (κ3) is 4.04. The fourth-order valence-electron chi connectivity index (χ4n) is 1.95. The van der Waals surface area contributed by atoms with Crippen molar-refractivity contribution in [1.82, 2.24) is 0 Å². The van der Waals surface area contributed by atoms with Crippen LogP contribution >= 0.6 is 11.8 Å². The molecule has 1 aromatic heterocycles. The van der Waals surface area contributed by atoms with Crippen molar-refractivity contribution in [2.45, 2.75) is 32.1 Å². The first-order valence-corrected chi connectivity index (χ1v) is 8.09. The maximum absolute atomic E-state index is 11.7. The molecule has 0 fully saturated rings. The quantitative estimate of drug-likeness (QED) is 0.520. The highest BCUT2D eigenvalue weighted by Gasteiger charge is 2.08. The minimum absolute atomic E-state index is 0.203. The van der Waals surface area contributed by atoms with E-state index in [0.29, 0.717) is 22.3 Å². The van der Waals surface area contributed by atoms with Crippen molar-refractivity contribution in [1.29, 1.82) is 0 Å². The molecule has 118 valence electrons. The van der Waals surface area contributed by atoms with Gasteiger partial charge in [-0.05, 0) is 31.0 Å². The molecular formula is C16H20N2O3S. The van der Waals surface area contributed by atoms with Crippen LogP contribution in [0.1, 0.15) is 25.8 Å². The zero-order valence-electron chi connectivity index (χ0n) is 13.0. The fraction of sp³-hybridized carbons (Fsp3) is 0.375. The molecule has 1 heterocycles. The number of aliphatic imine (C=N–C) groups is 1. The third-order valence-corrected chi connectivity index (χ3v) is 4.21. The largest absolute Gasteiger partial charge is 0.497 e. The number of rotatable bonds is 5. The van der Waals surface area contributed by atoms with Gasteiger partial charge in [-0.1, -0.05) is 18.7 Å². The summed E-state index contributed by atoms with van der Waals surface area (Å²) >= 11 is 1.42. The molecule has 0 bridgehead atoms. The summed E-state index contributed by atoms with van der Waals surface area (Å²) in [6, 6.07) is 7.14. The van der Waals surface area contributed by atoms with E-state index in [1.54, 1.807) is 13.2 Å². The van der Waals surface area contributed by atoms with Crippen molar-refractivity contribution in [2.75, 3.05) is 7.11 Å². The van der Waals surface area contributed by atoms with Crippen LogP contribution in [0.25, 0.3) is 11.0 Å². The Bertz CT molecular complexity index is 740. The molecule has 0 saturated heterocycles. The topological polar surface area (TPSA) is 77.8 Å². The van der Waals surface area contributed by atoms with Gasteiger partial charge in [0.15, 0.2) is 5.17 Å². The molecule has 22 heavy (non-hydrogen) atoms. The Hall–Kier alpha value is -1.95. The van der Waals surface area contributed by atoms with Crippen molar-refractivity contribution >= 4 is 27.9 Å². The lowest BCUT2D eigenvalue weighted by Gasteiger charge is -2.08. The van der Waals surface area contributed by atoms with Gasteiger partial charge in [0.1, 0.15) is 11.3 Å². The molecule has 1 atom stereocenters. The first kappa shape index (κ1) is 16.4. The maximum atomic E-state index is 11.7. The molecule has 2 aromatic rings. The second-order valence-electron chi connectivity index (χ2n) is 4.97. The lowest BCUT2D eigenvalue weighted by atomic mass is 10.1. The summed E-state index contributed by atoms with van der Waals surface area (Å²) in [6.07, 6.45) is 0.943. The van der Waals surface area contributed by atoms with Crippen LogP contribution in [0.15, 0.2) is 38.5 Å². The van der Waals surface area contributed by atoms with Gasteiger partial charge in [0.05, 0.1) is 7.11 Å². The molecule has 0 aliphatic heterocycles. The zero-order valence-corrected chi connectivity index (χ0v) is 13.8. The van der Waals surface area contributed by atoms with Crippen LogP contribution in [0.2, 0.25) is 0 Å². The second kappa shape index (κ2) is 7.35. The molecule has 0 radical (unpaired) electrons. The van der Waals surface area contributed by atoms with Gasteiger partial charge in [0.2, 0.25) is 0 Å². The van der Waals surface area contributed by atoms with Crippen molar-refractivity contribution < 1.29 is 9.15 Å². The highest BCUT2D eigenvalue weighted by Crippen LogP contribution is 2.25. The zero-order chi connectivity index (χ0) is 16.1. The normalized spacial score (nSPS) is 13.3. The van der Waals surface area contributed by atoms with E-state index < -0.39 is 0 Å². The number of hydrogen-bond acceptors (Lipinski definition) is 5. The second-order valence-corrected chi connectivity index (χ2v) is 5.96. The summed E-state index contributed by atoms with van der Waals surface area (Å²) in [5.74, 6) is 1.22. The molecule has 0 saturated carbocycles. The van der Waals surface area contributed by atoms with Gasteiger partial charge < -0.3 is 14.9 Å². The van der Waals surface area contributed by atoms with E-state index in [9.17, 15) is 4.79 Å². The Balaban J connectivity index is 2.27. The van der Waals surface area contributed by atoms with E-state index >= 15 is 0 Å². The smallest absolute Gasteiger partial charge is 0.336 e. The van der Waals surface area contributed by atoms with Crippen LogP contribution < -0.4 is 16.1 Å². The number of thioether (sulfide) groups is 1. The number of nitrogens with two attached hydrogens (primary N) is 1. The summed E-state index contributed by atoms with van der Waals surface area (Å²) in [6.45, 7) is 4.08. The first-order valence-electron chi connectivity index (χ1n) is 7.10. The molecule has 6 heteroatoms. The number of amidine groups is 1. The van der Waals surface area contributed by atoms with Crippen LogP contribution in [0.4, 0.5) is 0 Å². The number of fused-ring (bicyclic) bond motifs is 1. The van der Waals surface area contributed by atoms with Gasteiger partial charge >= 0.3 is 5.63 Å². The highest BCUT2D eigenvalue weighted by atomic mass is 32.2. The molecule has 0 spiro atoms. The Labute approximate surface area is 133 Å². The summed E-state index contributed by atoms with van der Waals surface area (Å²) in [5.41, 5.74) is 6.93. The summed E-state index contributed by atoms with van der Waals surface area (Å²) in [5, 5.41) is 1.41. The van der Waals surface area contributed by atoms with Gasteiger partial charge in [-0.15, -0.1) is 0 Å². The molecule has 1 aromatic carbocycles. The molecular weight excluding hydrogens is 300 g/mol. The van der Waals surface area contributed by atoms with E-state index in [2.05, 4.69) is 11.9 Å². The van der Waals surface area contributed by atoms with E-state index in [1.165, 1.54) is 17.8 Å². The lowest BCUT2D eigenvalue weighted by molar-refractivity contribution is 0.414. The number of methoxy groups -OCH3 is 1. The first-order chi connectivity index (χ1) is 10.5. The van der Waals surface area contributed by atoms with Crippen LogP contribution in [0.5, 0.6) is 5.75 Å². The SMILES string of the molecule is CC[C@@H](C)N=C(N)SCc1cc(=O)oc2cc(OC)ccc12. The Morgan fingerprint density at radius 2 is 2.23 bits per heavy atom. The average Bonchev–Trinajstić information content (AvgIpc) is 2.51. The lowest BCUT2D eigenvalue weighted by Crippen LogP contribution is -2.11. The van der Waals surface area contributed by atoms with Gasteiger partial charge in [0.25, 0.3) is 0 Å². The van der Waals surface area contributed by atoms with Crippen molar-refractivity contribution in [2.24, 2.45) is 10.7 Å². The van der Waals surface area contributed by atoms with Crippen LogP contribution in [0.3, 0.4) is 0 Å². The maximum Gasteiger partial charge on any atom is 0.336 e. The Morgan fingerprint density at radius 1 is 1.45 bits per heavy atom. The standard InChI is InChI=1S/C16H20N2O3S/c1-4-10(2)18-16(17)22-9-11-7-15(19)21-14-8-12(20-3)5-6-13(11)14/h5-8,10H,4,9H2,1-3H3,(H2,17,18)/t10-/m1/s1. The van der Waals surface area contributed by atoms with Crippen molar-refractivity contribution in [3.63, 3.8) is 0 Å². The minimum atomic E-state index is -0.381. The van der Waals surface area contributed by atoms with Gasteiger partial charge in [0, 0.05) is 29.3 Å². The number of benzene rings is 1. The van der Waals surface area contributed by atoms with Crippen LogP contribution in [0, 0.1) is 0 Å². The van der Waals surface area contributed by atoms with E-state index in [0.717, 1.165) is 17.4 Å². The number of hydrogen-bond donors (Lipinski definition) is 1. The minimum Gasteiger partial charge on any atom is -0.497 e. The third-order valence-electron chi connectivity index (χ3n) is 3.35. The predicted molar refractivity (Wildman–Crippen MR) is 91.7 cm³/mol. The molecule has 0 aliphatic rings. The Morgan fingerprint density at radius 3 is 2.91 bits per heavy atom. The molecule has 0 amide bonds. The van der Waals surface area contributed by atoms with E-state index in [4.69, 9.17) is 14.9 Å².